The number of nitrogens with zero attached hydrogens (tertiary/aromatic N) is 2. The molecule has 0 bridgehead atoms. The van der Waals surface area contributed by atoms with Crippen molar-refractivity contribution >= 4 is 46.4 Å². The fraction of sp³-hybridized carbons (Fsp3) is 0.314. The Morgan fingerprint density at radius 3 is 2.62 bits per heavy atom. The maximum Gasteiger partial charge on any atom is 0.0843 e. The van der Waals surface area contributed by atoms with Crippen LogP contribution >= 0.6 is 23.4 Å². The molecular weight excluding hydrogens is 532 g/mol. The zero-order valence-electron chi connectivity index (χ0n) is 23.1. The standard InChI is InChI=1S/C35H35ClN2OS/c1-34(2,39)31-9-4-3-7-26(31)13-17-33(40-24-35(18-19-35)20-21-37)28-8-5-6-25(22-28)10-15-30-16-12-27-11-14-29(36)23-32(27)38-30/h3-12,14-16,22-23,33,39H,13,17-20,24H2,1-2H3/b15-10+/t33-/m1/s1. The van der Waals surface area contributed by atoms with Gasteiger partial charge in [0, 0.05) is 27.8 Å². The molecule has 0 aliphatic heterocycles. The summed E-state index contributed by atoms with van der Waals surface area (Å²) in [5, 5.41) is 22.1. The van der Waals surface area contributed by atoms with Crippen molar-refractivity contribution in [3.63, 3.8) is 0 Å². The number of fused-ring (bicyclic) bond motifs is 1. The minimum Gasteiger partial charge on any atom is -0.386 e. The monoisotopic (exact) mass is 566 g/mol. The molecule has 0 amide bonds. The summed E-state index contributed by atoms with van der Waals surface area (Å²) in [7, 11) is 0. The molecule has 1 N–H and O–H groups in total. The minimum atomic E-state index is -0.878. The van der Waals surface area contributed by atoms with E-state index in [9.17, 15) is 10.4 Å². The van der Waals surface area contributed by atoms with Gasteiger partial charge in [-0.1, -0.05) is 78.3 Å². The van der Waals surface area contributed by atoms with Gasteiger partial charge in [0.1, 0.15) is 0 Å². The van der Waals surface area contributed by atoms with E-state index < -0.39 is 5.60 Å². The van der Waals surface area contributed by atoms with E-state index in [0.717, 1.165) is 59.2 Å². The average Bonchev–Trinajstić information content (AvgIpc) is 3.71. The fourth-order valence-corrected chi connectivity index (χ4v) is 6.94. The number of pyridine rings is 1. The van der Waals surface area contributed by atoms with Crippen molar-refractivity contribution in [2.75, 3.05) is 5.75 Å². The van der Waals surface area contributed by atoms with Crippen molar-refractivity contribution in [1.82, 2.24) is 4.98 Å². The van der Waals surface area contributed by atoms with Crippen LogP contribution in [0.15, 0.2) is 78.9 Å². The Morgan fingerprint density at radius 2 is 1.85 bits per heavy atom. The number of hydrogen-bond acceptors (Lipinski definition) is 4. The van der Waals surface area contributed by atoms with Gasteiger partial charge < -0.3 is 5.11 Å². The Hall–Kier alpha value is -3.10. The van der Waals surface area contributed by atoms with Crippen LogP contribution in [-0.4, -0.2) is 15.8 Å². The van der Waals surface area contributed by atoms with Crippen molar-refractivity contribution in [3.05, 3.63) is 112 Å². The lowest BCUT2D eigenvalue weighted by molar-refractivity contribution is 0.0776. The fourth-order valence-electron chi connectivity index (χ4n) is 5.21. The second-order valence-corrected chi connectivity index (χ2v) is 13.1. The van der Waals surface area contributed by atoms with E-state index in [1.54, 1.807) is 0 Å². The van der Waals surface area contributed by atoms with Crippen LogP contribution < -0.4 is 0 Å². The second-order valence-electron chi connectivity index (χ2n) is 11.5. The first kappa shape index (κ1) is 28.4. The highest BCUT2D eigenvalue weighted by Crippen LogP contribution is 2.53. The molecule has 1 fully saturated rings. The highest BCUT2D eigenvalue weighted by Gasteiger charge is 2.42. The van der Waals surface area contributed by atoms with Gasteiger partial charge in [-0.2, -0.15) is 17.0 Å². The average molecular weight is 567 g/mol. The summed E-state index contributed by atoms with van der Waals surface area (Å²) in [5.41, 5.74) is 5.69. The molecule has 4 aromatic rings. The molecular formula is C35H35ClN2OS. The molecule has 1 saturated carbocycles. The topological polar surface area (TPSA) is 56.9 Å². The number of aromatic nitrogens is 1. The Balaban J connectivity index is 1.37. The summed E-state index contributed by atoms with van der Waals surface area (Å²) < 4.78 is 0. The second kappa shape index (κ2) is 12.2. The van der Waals surface area contributed by atoms with Crippen molar-refractivity contribution in [1.29, 1.82) is 5.26 Å². The maximum atomic E-state index is 10.7. The third kappa shape index (κ3) is 7.15. The molecule has 1 aliphatic rings. The van der Waals surface area contributed by atoms with E-state index in [1.807, 2.05) is 68.1 Å². The highest BCUT2D eigenvalue weighted by atomic mass is 35.5. The molecule has 5 rings (SSSR count). The summed E-state index contributed by atoms with van der Waals surface area (Å²) in [5.74, 6) is 1.00. The first-order chi connectivity index (χ1) is 19.2. The van der Waals surface area contributed by atoms with Gasteiger partial charge in [-0.25, -0.2) is 4.98 Å². The first-order valence-electron chi connectivity index (χ1n) is 13.9. The molecule has 0 radical (unpaired) electrons. The first-order valence-corrected chi connectivity index (χ1v) is 15.3. The SMILES string of the molecule is CC(C)(O)c1ccccc1CC[C@@H](SCC1(CC#N)CC1)c1cccc(/C=C/c2ccc3ccc(Cl)cc3n2)c1. The third-order valence-electron chi connectivity index (χ3n) is 7.76. The Labute approximate surface area is 246 Å². The van der Waals surface area contributed by atoms with Crippen LogP contribution in [0.3, 0.4) is 0 Å². The highest BCUT2D eigenvalue weighted by molar-refractivity contribution is 7.99. The molecule has 1 heterocycles. The van der Waals surface area contributed by atoms with Crippen LogP contribution in [0, 0.1) is 16.7 Å². The van der Waals surface area contributed by atoms with Crippen LogP contribution in [0.4, 0.5) is 0 Å². The predicted octanol–water partition coefficient (Wildman–Crippen LogP) is 9.39. The number of aryl methyl sites for hydroxylation is 1. The van der Waals surface area contributed by atoms with E-state index in [4.69, 9.17) is 16.6 Å². The number of nitriles is 1. The van der Waals surface area contributed by atoms with Gasteiger partial charge in [0.15, 0.2) is 0 Å². The van der Waals surface area contributed by atoms with Crippen LogP contribution in [0.2, 0.25) is 5.02 Å². The van der Waals surface area contributed by atoms with Crippen LogP contribution in [0.25, 0.3) is 23.1 Å². The lowest BCUT2D eigenvalue weighted by Gasteiger charge is -2.24. The molecule has 3 aromatic carbocycles. The predicted molar refractivity (Wildman–Crippen MR) is 169 cm³/mol. The van der Waals surface area contributed by atoms with Crippen LogP contribution in [0.5, 0.6) is 0 Å². The molecule has 0 saturated heterocycles. The van der Waals surface area contributed by atoms with E-state index in [2.05, 4.69) is 54.6 Å². The zero-order chi connectivity index (χ0) is 28.2. The number of hydrogen-bond donors (Lipinski definition) is 1. The van der Waals surface area contributed by atoms with E-state index >= 15 is 0 Å². The van der Waals surface area contributed by atoms with E-state index in [0.29, 0.717) is 16.7 Å². The number of benzene rings is 3. The molecule has 1 aromatic heterocycles. The summed E-state index contributed by atoms with van der Waals surface area (Å²) in [6, 6.07) is 29.2. The zero-order valence-corrected chi connectivity index (χ0v) is 24.7. The van der Waals surface area contributed by atoms with E-state index in [-0.39, 0.29) is 5.41 Å². The molecule has 1 atom stereocenters. The van der Waals surface area contributed by atoms with Gasteiger partial charge in [-0.05, 0) is 91.5 Å². The molecule has 1 aliphatic carbocycles. The summed E-state index contributed by atoms with van der Waals surface area (Å²) >= 11 is 8.15. The normalized spacial score (nSPS) is 15.3. The van der Waals surface area contributed by atoms with E-state index in [1.165, 1.54) is 11.1 Å². The van der Waals surface area contributed by atoms with Gasteiger partial charge >= 0.3 is 0 Å². The number of thioether (sulfide) groups is 1. The minimum absolute atomic E-state index is 0.185. The van der Waals surface area contributed by atoms with Gasteiger partial charge in [0.25, 0.3) is 0 Å². The third-order valence-corrected chi connectivity index (χ3v) is 9.68. The van der Waals surface area contributed by atoms with Gasteiger partial charge in [-0.3, -0.25) is 0 Å². The lowest BCUT2D eigenvalue weighted by Crippen LogP contribution is -2.18. The van der Waals surface area contributed by atoms with Crippen molar-refractivity contribution in [2.24, 2.45) is 5.41 Å². The van der Waals surface area contributed by atoms with Crippen molar-refractivity contribution in [3.8, 4) is 6.07 Å². The van der Waals surface area contributed by atoms with Crippen molar-refractivity contribution in [2.45, 2.75) is 56.8 Å². The largest absolute Gasteiger partial charge is 0.386 e. The Morgan fingerprint density at radius 1 is 1.05 bits per heavy atom. The molecule has 3 nitrogen and oxygen atoms in total. The molecule has 204 valence electrons. The maximum absolute atomic E-state index is 10.7. The molecule has 0 spiro atoms. The summed E-state index contributed by atoms with van der Waals surface area (Å²) in [6.07, 6.45) is 8.94. The number of rotatable bonds is 11. The Bertz CT molecular complexity index is 1560. The summed E-state index contributed by atoms with van der Waals surface area (Å²) in [6.45, 7) is 3.71. The molecule has 5 heteroatoms. The lowest BCUT2D eigenvalue weighted by atomic mass is 9.90. The number of halogens is 1. The van der Waals surface area contributed by atoms with Gasteiger partial charge in [0.05, 0.1) is 22.9 Å². The molecule has 0 unspecified atom stereocenters. The van der Waals surface area contributed by atoms with Crippen LogP contribution in [-0.2, 0) is 12.0 Å². The summed E-state index contributed by atoms with van der Waals surface area (Å²) in [4.78, 5) is 4.76. The number of aliphatic hydroxyl groups is 1. The Kier molecular flexibility index (Phi) is 8.66. The smallest absolute Gasteiger partial charge is 0.0843 e. The van der Waals surface area contributed by atoms with Crippen LogP contribution in [0.1, 0.15) is 72.7 Å². The quantitative estimate of drug-likeness (QED) is 0.196. The van der Waals surface area contributed by atoms with Gasteiger partial charge in [0.2, 0.25) is 0 Å². The van der Waals surface area contributed by atoms with Gasteiger partial charge in [-0.15, -0.1) is 0 Å². The van der Waals surface area contributed by atoms with Crippen molar-refractivity contribution < 1.29 is 5.11 Å². The molecule has 40 heavy (non-hydrogen) atoms.